The maximum absolute atomic E-state index is 15.1. The Morgan fingerprint density at radius 2 is 1.98 bits per heavy atom. The Morgan fingerprint density at radius 3 is 2.64 bits per heavy atom. The molecule has 1 aliphatic carbocycles. The number of alkyl halides is 3. The topological polar surface area (TPSA) is 75.4 Å². The Hall–Kier alpha value is -4.08. The summed E-state index contributed by atoms with van der Waals surface area (Å²) >= 11 is 0. The fraction of sp³-hybridized carbons (Fsp3) is 0.412. The first-order chi connectivity index (χ1) is 20.8. The van der Waals surface area contributed by atoms with E-state index in [1.165, 1.54) is 24.0 Å². The number of nitrogens with zero attached hydrogens (tertiary/aromatic N) is 3. The van der Waals surface area contributed by atoms with E-state index in [1.807, 2.05) is 6.21 Å². The van der Waals surface area contributed by atoms with Crippen LogP contribution in [0, 0.1) is 11.2 Å². The Bertz CT molecular complexity index is 1460. The molecule has 10 heteroatoms. The third-order valence-electron chi connectivity index (χ3n) is 7.56. The molecule has 0 aromatic heterocycles. The molecule has 6 nitrogen and oxygen atoms in total. The molecular formula is C34H40F4N4O2. The number of fused-ring (bicyclic) bond motifs is 1. The van der Waals surface area contributed by atoms with Crippen molar-refractivity contribution >= 4 is 29.7 Å². The minimum atomic E-state index is -4.55. The molecule has 1 heterocycles. The summed E-state index contributed by atoms with van der Waals surface area (Å²) in [6.45, 7) is 7.74. The number of ether oxygens (including phenoxy) is 1. The summed E-state index contributed by atoms with van der Waals surface area (Å²) in [6, 6.07) is 4.50. The van der Waals surface area contributed by atoms with Gasteiger partial charge in [-0.25, -0.2) is 14.4 Å². The summed E-state index contributed by atoms with van der Waals surface area (Å²) in [6.07, 6.45) is 9.42. The van der Waals surface area contributed by atoms with Crippen molar-refractivity contribution in [2.45, 2.75) is 71.5 Å². The van der Waals surface area contributed by atoms with E-state index < -0.39 is 17.4 Å². The molecular weight excluding hydrogens is 572 g/mol. The SMILES string of the molecule is C=C(/C=C(\OC)C(C)(C)C(F)(F)F)CC(=O)Cc1ccc(C2=CNC3C=C(CCCCC=NC=NC)C(C)=CC3=N2)cc1F. The van der Waals surface area contributed by atoms with Crippen LogP contribution in [-0.4, -0.2) is 50.4 Å². The van der Waals surface area contributed by atoms with E-state index in [2.05, 4.69) is 41.0 Å². The normalized spacial score (nSPS) is 17.5. The second-order valence-electron chi connectivity index (χ2n) is 11.4. The lowest BCUT2D eigenvalue weighted by molar-refractivity contribution is -0.208. The number of hydrogen-bond donors (Lipinski definition) is 1. The largest absolute Gasteiger partial charge is 0.500 e. The smallest absolute Gasteiger partial charge is 0.400 e. The number of aliphatic imine (C=N–C) groups is 3. The van der Waals surface area contributed by atoms with Crippen LogP contribution in [0.5, 0.6) is 0 Å². The number of rotatable bonds is 14. The first kappa shape index (κ1) is 34.4. The zero-order valence-electron chi connectivity index (χ0n) is 25.9. The van der Waals surface area contributed by atoms with Crippen molar-refractivity contribution in [3.63, 3.8) is 0 Å². The Morgan fingerprint density at radius 1 is 1.23 bits per heavy atom. The zero-order valence-corrected chi connectivity index (χ0v) is 25.9. The molecule has 0 spiro atoms. The lowest BCUT2D eigenvalue weighted by Crippen LogP contribution is -2.35. The Balaban J connectivity index is 1.61. The van der Waals surface area contributed by atoms with Gasteiger partial charge in [0.2, 0.25) is 0 Å². The number of nitrogens with one attached hydrogen (secondary N) is 1. The van der Waals surface area contributed by atoms with Gasteiger partial charge in [-0.2, -0.15) is 13.2 Å². The summed E-state index contributed by atoms with van der Waals surface area (Å²) in [5, 5.41) is 3.35. The third-order valence-corrected chi connectivity index (χ3v) is 7.56. The van der Waals surface area contributed by atoms with Gasteiger partial charge in [0.1, 0.15) is 29.1 Å². The van der Waals surface area contributed by atoms with Gasteiger partial charge in [-0.15, -0.1) is 0 Å². The van der Waals surface area contributed by atoms with E-state index >= 15 is 4.39 Å². The molecule has 2 aliphatic rings. The van der Waals surface area contributed by atoms with Crippen molar-refractivity contribution in [1.82, 2.24) is 5.32 Å². The maximum atomic E-state index is 15.1. The van der Waals surface area contributed by atoms with Gasteiger partial charge in [0.25, 0.3) is 0 Å². The molecule has 1 atom stereocenters. The molecule has 0 fully saturated rings. The van der Waals surface area contributed by atoms with Crippen molar-refractivity contribution in [3.8, 4) is 0 Å². The number of ketones is 1. The predicted molar refractivity (Wildman–Crippen MR) is 169 cm³/mol. The second kappa shape index (κ2) is 15.1. The van der Waals surface area contributed by atoms with Gasteiger partial charge < -0.3 is 10.1 Å². The number of halogens is 4. The van der Waals surface area contributed by atoms with Crippen LogP contribution in [0.1, 0.15) is 64.0 Å². The average Bonchev–Trinajstić information content (AvgIpc) is 2.95. The summed E-state index contributed by atoms with van der Waals surface area (Å²) < 4.78 is 60.2. The van der Waals surface area contributed by atoms with Crippen molar-refractivity contribution in [2.75, 3.05) is 14.2 Å². The molecule has 44 heavy (non-hydrogen) atoms. The van der Waals surface area contributed by atoms with Crippen molar-refractivity contribution in [2.24, 2.45) is 20.4 Å². The molecule has 0 saturated carbocycles. The zero-order chi connectivity index (χ0) is 32.5. The highest BCUT2D eigenvalue weighted by atomic mass is 19.4. The summed E-state index contributed by atoms with van der Waals surface area (Å²) in [5.41, 5.74) is 2.44. The van der Waals surface area contributed by atoms with Crippen LogP contribution < -0.4 is 5.32 Å². The molecule has 1 aliphatic heterocycles. The maximum Gasteiger partial charge on any atom is 0.400 e. The minimum Gasteiger partial charge on any atom is -0.500 e. The van der Waals surface area contributed by atoms with Crippen LogP contribution in [0.25, 0.3) is 5.70 Å². The third kappa shape index (κ3) is 8.97. The summed E-state index contributed by atoms with van der Waals surface area (Å²) in [7, 11) is 2.82. The number of carbonyl (C=O) groups excluding carboxylic acids is 1. The van der Waals surface area contributed by atoms with Crippen molar-refractivity contribution < 1.29 is 27.1 Å². The van der Waals surface area contributed by atoms with Crippen LogP contribution in [-0.2, 0) is 16.0 Å². The molecule has 1 aromatic carbocycles. The van der Waals surface area contributed by atoms with Crippen LogP contribution in [0.15, 0.2) is 86.7 Å². The number of methoxy groups -OCH3 is 1. The van der Waals surface area contributed by atoms with Gasteiger partial charge in [-0.1, -0.05) is 24.8 Å². The number of benzene rings is 1. The molecule has 3 rings (SSSR count). The van der Waals surface area contributed by atoms with Crippen LogP contribution in [0.4, 0.5) is 17.6 Å². The molecule has 1 unspecified atom stereocenters. The number of Topliss-reactive ketones (excluding diaryl/α,β-unsaturated/α-hetero) is 1. The Labute approximate surface area is 256 Å². The van der Waals surface area contributed by atoms with E-state index in [9.17, 15) is 18.0 Å². The molecule has 1 N–H and O–H groups in total. The quantitative estimate of drug-likeness (QED) is 0.0580. The van der Waals surface area contributed by atoms with Gasteiger partial charge in [0, 0.05) is 37.9 Å². The fourth-order valence-corrected chi connectivity index (χ4v) is 4.81. The van der Waals surface area contributed by atoms with Gasteiger partial charge in [0.05, 0.1) is 24.6 Å². The first-order valence-corrected chi connectivity index (χ1v) is 14.4. The van der Waals surface area contributed by atoms with E-state index in [0.717, 1.165) is 64.0 Å². The lowest BCUT2D eigenvalue weighted by atomic mass is 9.88. The highest BCUT2D eigenvalue weighted by Gasteiger charge is 2.51. The van der Waals surface area contributed by atoms with Crippen LogP contribution >= 0.6 is 0 Å². The number of carbonyl (C=O) groups is 1. The second-order valence-corrected chi connectivity index (χ2v) is 11.4. The first-order valence-electron chi connectivity index (χ1n) is 14.4. The highest BCUT2D eigenvalue weighted by molar-refractivity contribution is 6.06. The van der Waals surface area contributed by atoms with Crippen LogP contribution in [0.2, 0.25) is 0 Å². The fourth-order valence-electron chi connectivity index (χ4n) is 4.81. The van der Waals surface area contributed by atoms with E-state index in [0.29, 0.717) is 11.3 Å². The van der Waals surface area contributed by atoms with Gasteiger partial charge in [-0.3, -0.25) is 9.79 Å². The van der Waals surface area contributed by atoms with E-state index in [1.54, 1.807) is 19.3 Å². The predicted octanol–water partition coefficient (Wildman–Crippen LogP) is 7.89. The molecule has 1 aromatic rings. The lowest BCUT2D eigenvalue weighted by Gasteiger charge is -2.29. The summed E-state index contributed by atoms with van der Waals surface area (Å²) in [5.74, 6) is -1.31. The number of allylic oxidation sites excluding steroid dienone is 5. The van der Waals surface area contributed by atoms with Crippen LogP contribution in [0.3, 0.4) is 0 Å². The van der Waals surface area contributed by atoms with Crippen molar-refractivity contribution in [1.29, 1.82) is 0 Å². The minimum absolute atomic E-state index is 0.0657. The number of hydrogen-bond acceptors (Lipinski definition) is 5. The molecule has 236 valence electrons. The van der Waals surface area contributed by atoms with E-state index in [-0.39, 0.29) is 41.6 Å². The monoisotopic (exact) mass is 612 g/mol. The molecule has 0 bridgehead atoms. The molecule has 0 radical (unpaired) electrons. The number of unbranched alkanes of at least 4 members (excludes halogenated alkanes) is 2. The van der Waals surface area contributed by atoms with Gasteiger partial charge >= 0.3 is 6.18 Å². The van der Waals surface area contributed by atoms with Gasteiger partial charge in [0.15, 0.2) is 0 Å². The standard InChI is InChI=1S/C34H40F4N4O2/c1-22(15-32(44-6)33(3,4)34(36,37)38)14-27(43)17-25-11-12-26(18-28(25)35)31-20-41-29-19-24(23(2)16-30(29)42-31)10-8-7-9-13-40-21-39-5/h11-13,15-16,18-21,29,41H,1,7-10,14,17H2,2-6H3/b32-15-,39-21?,40-13?. The molecule has 0 amide bonds. The van der Waals surface area contributed by atoms with E-state index in [4.69, 9.17) is 9.73 Å². The van der Waals surface area contributed by atoms with Crippen molar-refractivity contribution in [3.05, 3.63) is 88.6 Å². The van der Waals surface area contributed by atoms with Gasteiger partial charge in [-0.05, 0) is 87.0 Å². The summed E-state index contributed by atoms with van der Waals surface area (Å²) in [4.78, 5) is 25.3. The Kier molecular flexibility index (Phi) is 11.8. The molecule has 0 saturated heterocycles. The highest BCUT2D eigenvalue weighted by Crippen LogP contribution is 2.44. The average molecular weight is 613 g/mol.